The second kappa shape index (κ2) is 4.52. The normalized spacial score (nSPS) is 10.1. The van der Waals surface area contributed by atoms with Crippen molar-refractivity contribution < 1.29 is 9.32 Å². The van der Waals surface area contributed by atoms with Crippen LogP contribution in [0.1, 0.15) is 16.2 Å². The third-order valence-corrected chi connectivity index (χ3v) is 2.22. The minimum absolute atomic E-state index is 0.281. The van der Waals surface area contributed by atoms with E-state index in [1.54, 1.807) is 18.2 Å². The molecule has 7 nitrogen and oxygen atoms in total. The lowest BCUT2D eigenvalue weighted by Crippen LogP contribution is -2.15. The Kier molecular flexibility index (Phi) is 2.91. The second-order valence-electron chi connectivity index (χ2n) is 3.33. The molecule has 1 aromatic carbocycles. The first kappa shape index (κ1) is 10.9. The number of carbonyl (C=O) groups is 1. The van der Waals surface area contributed by atoms with Gasteiger partial charge < -0.3 is 21.3 Å². The molecule has 0 radical (unpaired) electrons. The number of nitrogens with one attached hydrogen (secondary N) is 1. The average molecular weight is 233 g/mol. The molecule has 0 fully saturated rings. The van der Waals surface area contributed by atoms with E-state index in [0.29, 0.717) is 23.7 Å². The molecular formula is C10H11N5O2. The summed E-state index contributed by atoms with van der Waals surface area (Å²) in [6.07, 6.45) is 1.24. The van der Waals surface area contributed by atoms with Crippen LogP contribution in [0.2, 0.25) is 0 Å². The number of carbonyl (C=O) groups excluding carboxylic acids is 1. The van der Waals surface area contributed by atoms with E-state index in [-0.39, 0.29) is 5.56 Å². The molecule has 1 amide bonds. The van der Waals surface area contributed by atoms with Gasteiger partial charge in [-0.05, 0) is 12.1 Å². The summed E-state index contributed by atoms with van der Waals surface area (Å²) in [6, 6.07) is 4.99. The van der Waals surface area contributed by atoms with Crippen LogP contribution in [0.15, 0.2) is 29.1 Å². The van der Waals surface area contributed by atoms with Crippen molar-refractivity contribution in [3.05, 3.63) is 36.0 Å². The van der Waals surface area contributed by atoms with Crippen molar-refractivity contribution in [3.63, 3.8) is 0 Å². The van der Waals surface area contributed by atoms with Gasteiger partial charge in [0.25, 0.3) is 5.91 Å². The van der Waals surface area contributed by atoms with Crippen molar-refractivity contribution >= 4 is 17.3 Å². The largest absolute Gasteiger partial charge is 0.396 e. The smallest absolute Gasteiger partial charge is 0.250 e. The summed E-state index contributed by atoms with van der Waals surface area (Å²) in [5, 5.41) is 6.63. The Hall–Kier alpha value is -2.57. The van der Waals surface area contributed by atoms with Gasteiger partial charge in [-0.1, -0.05) is 11.2 Å². The molecule has 17 heavy (non-hydrogen) atoms. The maximum Gasteiger partial charge on any atom is 0.250 e. The SMILES string of the molecule is NC(=O)c1cccc(NCc2ncon2)c1N. The topological polar surface area (TPSA) is 120 Å². The molecule has 0 aliphatic rings. The van der Waals surface area contributed by atoms with E-state index >= 15 is 0 Å². The zero-order valence-electron chi connectivity index (χ0n) is 8.88. The molecule has 7 heteroatoms. The standard InChI is InChI=1S/C10H11N5O2/c11-9-6(10(12)16)2-1-3-7(9)13-4-8-14-5-17-15-8/h1-3,5,13H,4,11H2,(H2,12,16). The average Bonchev–Trinajstić information content (AvgIpc) is 2.80. The lowest BCUT2D eigenvalue weighted by Gasteiger charge is -2.09. The van der Waals surface area contributed by atoms with Crippen molar-refractivity contribution in [3.8, 4) is 0 Å². The fraction of sp³-hybridized carbons (Fsp3) is 0.100. The van der Waals surface area contributed by atoms with Crippen molar-refractivity contribution in [2.45, 2.75) is 6.54 Å². The molecular weight excluding hydrogens is 222 g/mol. The van der Waals surface area contributed by atoms with Crippen molar-refractivity contribution in [1.29, 1.82) is 0 Å². The zero-order chi connectivity index (χ0) is 12.3. The van der Waals surface area contributed by atoms with Crippen LogP contribution in [0, 0.1) is 0 Å². The Morgan fingerprint density at radius 2 is 2.29 bits per heavy atom. The summed E-state index contributed by atoms with van der Waals surface area (Å²) in [5.74, 6) is -0.0698. The molecule has 0 saturated carbocycles. The van der Waals surface area contributed by atoms with E-state index in [1.807, 2.05) is 0 Å². The number of para-hydroxylation sites is 1. The van der Waals surface area contributed by atoms with E-state index < -0.39 is 5.91 Å². The number of primary amides is 1. The summed E-state index contributed by atoms with van der Waals surface area (Å²) in [6.45, 7) is 0.350. The van der Waals surface area contributed by atoms with E-state index in [9.17, 15) is 4.79 Å². The van der Waals surface area contributed by atoms with Gasteiger partial charge in [-0.2, -0.15) is 4.98 Å². The molecule has 5 N–H and O–H groups in total. The van der Waals surface area contributed by atoms with Gasteiger partial charge >= 0.3 is 0 Å². The van der Waals surface area contributed by atoms with Crippen LogP contribution in [0.4, 0.5) is 11.4 Å². The first-order valence-corrected chi connectivity index (χ1v) is 4.86. The van der Waals surface area contributed by atoms with E-state index in [2.05, 4.69) is 20.0 Å². The lowest BCUT2D eigenvalue weighted by atomic mass is 10.1. The summed E-state index contributed by atoms with van der Waals surface area (Å²) >= 11 is 0. The van der Waals surface area contributed by atoms with E-state index in [0.717, 1.165) is 0 Å². The summed E-state index contributed by atoms with van der Waals surface area (Å²) in [4.78, 5) is 14.9. The molecule has 0 aliphatic carbocycles. The quantitative estimate of drug-likeness (QED) is 0.656. The van der Waals surface area contributed by atoms with Crippen LogP contribution >= 0.6 is 0 Å². The van der Waals surface area contributed by atoms with E-state index in [1.165, 1.54) is 6.39 Å². The van der Waals surface area contributed by atoms with Gasteiger partial charge in [-0.15, -0.1) is 0 Å². The maximum atomic E-state index is 11.1. The Labute approximate surface area is 96.8 Å². The fourth-order valence-corrected chi connectivity index (χ4v) is 1.38. The monoisotopic (exact) mass is 233 g/mol. The highest BCUT2D eigenvalue weighted by Gasteiger charge is 2.09. The number of benzene rings is 1. The number of nitrogens with two attached hydrogens (primary N) is 2. The Balaban J connectivity index is 2.16. The van der Waals surface area contributed by atoms with Crippen LogP contribution in [0.3, 0.4) is 0 Å². The lowest BCUT2D eigenvalue weighted by molar-refractivity contribution is 0.100. The zero-order valence-corrected chi connectivity index (χ0v) is 8.88. The van der Waals surface area contributed by atoms with Gasteiger partial charge in [-0.25, -0.2) is 0 Å². The molecule has 0 unspecified atom stereocenters. The third kappa shape index (κ3) is 2.33. The minimum atomic E-state index is -0.564. The molecule has 0 spiro atoms. The number of nitrogen functional groups attached to an aromatic ring is 1. The first-order chi connectivity index (χ1) is 8.18. The molecule has 0 bridgehead atoms. The number of amides is 1. The van der Waals surface area contributed by atoms with Crippen molar-refractivity contribution in [2.24, 2.45) is 5.73 Å². The number of aromatic nitrogens is 2. The molecule has 1 heterocycles. The highest BCUT2D eigenvalue weighted by atomic mass is 16.5. The molecule has 1 aromatic heterocycles. The Morgan fingerprint density at radius 3 is 2.94 bits per heavy atom. The predicted molar refractivity (Wildman–Crippen MR) is 61.0 cm³/mol. The molecule has 2 aromatic rings. The fourth-order valence-electron chi connectivity index (χ4n) is 1.38. The van der Waals surface area contributed by atoms with Gasteiger partial charge in [0.05, 0.1) is 23.5 Å². The van der Waals surface area contributed by atoms with Gasteiger partial charge in [-0.3, -0.25) is 4.79 Å². The predicted octanol–water partition coefficient (Wildman–Crippen LogP) is 0.363. The number of hydrogen-bond donors (Lipinski definition) is 3. The van der Waals surface area contributed by atoms with Crippen LogP contribution in [-0.2, 0) is 6.54 Å². The van der Waals surface area contributed by atoms with Gasteiger partial charge in [0.1, 0.15) is 0 Å². The molecule has 0 atom stereocenters. The first-order valence-electron chi connectivity index (χ1n) is 4.86. The summed E-state index contributed by atoms with van der Waals surface area (Å²) in [5.41, 5.74) is 12.2. The number of hydrogen-bond acceptors (Lipinski definition) is 6. The Bertz CT molecular complexity index is 523. The van der Waals surface area contributed by atoms with Crippen LogP contribution < -0.4 is 16.8 Å². The summed E-state index contributed by atoms with van der Waals surface area (Å²) in [7, 11) is 0. The molecule has 88 valence electrons. The highest BCUT2D eigenvalue weighted by Crippen LogP contribution is 2.22. The van der Waals surface area contributed by atoms with Crippen molar-refractivity contribution in [2.75, 3.05) is 11.1 Å². The van der Waals surface area contributed by atoms with Gasteiger partial charge in [0.2, 0.25) is 6.39 Å². The van der Waals surface area contributed by atoms with E-state index in [4.69, 9.17) is 11.5 Å². The van der Waals surface area contributed by atoms with Crippen LogP contribution in [-0.4, -0.2) is 16.0 Å². The number of rotatable bonds is 4. The third-order valence-electron chi connectivity index (χ3n) is 2.22. The van der Waals surface area contributed by atoms with Crippen LogP contribution in [0.25, 0.3) is 0 Å². The Morgan fingerprint density at radius 1 is 1.47 bits per heavy atom. The number of nitrogens with zero attached hydrogens (tertiary/aromatic N) is 2. The second-order valence-corrected chi connectivity index (χ2v) is 3.33. The summed E-state index contributed by atoms with van der Waals surface area (Å²) < 4.78 is 4.59. The molecule has 2 rings (SSSR count). The highest BCUT2D eigenvalue weighted by molar-refractivity contribution is 6.00. The van der Waals surface area contributed by atoms with Crippen LogP contribution in [0.5, 0.6) is 0 Å². The maximum absolute atomic E-state index is 11.1. The van der Waals surface area contributed by atoms with Crippen molar-refractivity contribution in [1.82, 2.24) is 10.1 Å². The number of anilines is 2. The van der Waals surface area contributed by atoms with Gasteiger partial charge in [0.15, 0.2) is 5.82 Å². The molecule has 0 saturated heterocycles. The minimum Gasteiger partial charge on any atom is -0.396 e. The van der Waals surface area contributed by atoms with Gasteiger partial charge in [0, 0.05) is 0 Å². The molecule has 0 aliphatic heterocycles.